The number of nitrogens with zero attached hydrogens (tertiary/aromatic N) is 1. The summed E-state index contributed by atoms with van der Waals surface area (Å²) >= 11 is 0. The highest BCUT2D eigenvalue weighted by atomic mass is 16.5. The van der Waals surface area contributed by atoms with Crippen molar-refractivity contribution in [3.8, 4) is 0 Å². The molecule has 1 N–H and O–H groups in total. The molecule has 94 valence electrons. The highest BCUT2D eigenvalue weighted by Gasteiger charge is 2.17. The number of rotatable bonds is 7. The highest BCUT2D eigenvalue weighted by molar-refractivity contribution is 5.66. The smallest absolute Gasteiger partial charge is 0.304 e. The van der Waals surface area contributed by atoms with Crippen LogP contribution in [0.25, 0.3) is 0 Å². The second-order valence-electron chi connectivity index (χ2n) is 4.43. The van der Waals surface area contributed by atoms with E-state index in [1.54, 1.807) is 0 Å². The van der Waals surface area contributed by atoms with Crippen molar-refractivity contribution < 1.29 is 14.6 Å². The Morgan fingerprint density at radius 2 is 2.25 bits per heavy atom. The summed E-state index contributed by atoms with van der Waals surface area (Å²) in [6.45, 7) is 5.48. The van der Waals surface area contributed by atoms with Crippen LogP contribution in [0.2, 0.25) is 0 Å². The van der Waals surface area contributed by atoms with Crippen LogP contribution in [0.1, 0.15) is 39.0 Å². The Bertz CT molecular complexity index is 202. The maximum Gasteiger partial charge on any atom is 0.304 e. The van der Waals surface area contributed by atoms with Crippen molar-refractivity contribution >= 4 is 5.97 Å². The Morgan fingerprint density at radius 3 is 2.81 bits per heavy atom. The molecule has 1 heterocycles. The first-order valence-electron chi connectivity index (χ1n) is 6.28. The van der Waals surface area contributed by atoms with E-state index in [4.69, 9.17) is 9.84 Å². The lowest BCUT2D eigenvalue weighted by molar-refractivity contribution is -0.137. The second kappa shape index (κ2) is 7.63. The molecule has 4 heteroatoms. The van der Waals surface area contributed by atoms with Crippen molar-refractivity contribution in [2.75, 3.05) is 26.2 Å². The Balaban J connectivity index is 2.27. The molecular formula is C12H23NO3. The van der Waals surface area contributed by atoms with Gasteiger partial charge in [-0.15, -0.1) is 0 Å². The van der Waals surface area contributed by atoms with Crippen molar-refractivity contribution in [3.05, 3.63) is 0 Å². The van der Waals surface area contributed by atoms with Gasteiger partial charge < -0.3 is 14.7 Å². The van der Waals surface area contributed by atoms with Crippen LogP contribution in [0.15, 0.2) is 0 Å². The summed E-state index contributed by atoms with van der Waals surface area (Å²) < 4.78 is 5.67. The van der Waals surface area contributed by atoms with Crippen LogP contribution in [0, 0.1) is 0 Å². The largest absolute Gasteiger partial charge is 0.481 e. The van der Waals surface area contributed by atoms with Gasteiger partial charge in [-0.05, 0) is 32.2 Å². The molecule has 0 aromatic heterocycles. The first-order valence-corrected chi connectivity index (χ1v) is 6.28. The molecule has 0 saturated carbocycles. The first kappa shape index (κ1) is 13.5. The molecule has 1 fully saturated rings. The van der Waals surface area contributed by atoms with Crippen molar-refractivity contribution in [3.63, 3.8) is 0 Å². The SMILES string of the molecule is CCCN(CCC(=O)O)CC1CCCCO1. The van der Waals surface area contributed by atoms with Crippen LogP contribution < -0.4 is 0 Å². The fourth-order valence-electron chi connectivity index (χ4n) is 2.10. The van der Waals surface area contributed by atoms with Crippen LogP contribution >= 0.6 is 0 Å². The van der Waals surface area contributed by atoms with E-state index in [-0.39, 0.29) is 6.42 Å². The molecule has 0 spiro atoms. The minimum absolute atomic E-state index is 0.229. The zero-order chi connectivity index (χ0) is 11.8. The zero-order valence-electron chi connectivity index (χ0n) is 10.2. The molecule has 1 unspecified atom stereocenters. The van der Waals surface area contributed by atoms with Crippen LogP contribution in [-0.4, -0.2) is 48.3 Å². The quantitative estimate of drug-likeness (QED) is 0.722. The van der Waals surface area contributed by atoms with Gasteiger partial charge >= 0.3 is 5.97 Å². The molecular weight excluding hydrogens is 206 g/mol. The molecule has 1 rings (SSSR count). The Morgan fingerprint density at radius 1 is 1.44 bits per heavy atom. The van der Waals surface area contributed by atoms with E-state index in [1.807, 2.05) is 0 Å². The number of carbonyl (C=O) groups is 1. The molecule has 0 radical (unpaired) electrons. The van der Waals surface area contributed by atoms with Gasteiger partial charge in [0.25, 0.3) is 0 Å². The lowest BCUT2D eigenvalue weighted by Gasteiger charge is -2.29. The summed E-state index contributed by atoms with van der Waals surface area (Å²) in [5.74, 6) is -0.717. The van der Waals surface area contributed by atoms with Gasteiger partial charge in [0.05, 0.1) is 12.5 Å². The fourth-order valence-corrected chi connectivity index (χ4v) is 2.10. The van der Waals surface area contributed by atoms with E-state index < -0.39 is 5.97 Å². The van der Waals surface area contributed by atoms with E-state index in [9.17, 15) is 4.79 Å². The molecule has 0 aromatic rings. The van der Waals surface area contributed by atoms with Gasteiger partial charge in [-0.2, -0.15) is 0 Å². The lowest BCUT2D eigenvalue weighted by Crippen LogP contribution is -2.37. The van der Waals surface area contributed by atoms with E-state index in [2.05, 4.69) is 11.8 Å². The average molecular weight is 229 g/mol. The van der Waals surface area contributed by atoms with Crippen molar-refractivity contribution in [1.82, 2.24) is 4.90 Å². The third kappa shape index (κ3) is 5.47. The maximum absolute atomic E-state index is 10.5. The summed E-state index contributed by atoms with van der Waals surface area (Å²) in [6.07, 6.45) is 5.13. The number of ether oxygens (including phenoxy) is 1. The molecule has 0 aromatic carbocycles. The van der Waals surface area contributed by atoms with Gasteiger partial charge in [0.1, 0.15) is 0 Å². The van der Waals surface area contributed by atoms with Crippen molar-refractivity contribution in [1.29, 1.82) is 0 Å². The molecule has 4 nitrogen and oxygen atoms in total. The van der Waals surface area contributed by atoms with Crippen LogP contribution in [-0.2, 0) is 9.53 Å². The maximum atomic E-state index is 10.5. The van der Waals surface area contributed by atoms with Crippen molar-refractivity contribution in [2.45, 2.75) is 45.1 Å². The highest BCUT2D eigenvalue weighted by Crippen LogP contribution is 2.14. The summed E-state index contributed by atoms with van der Waals surface area (Å²) in [5, 5.41) is 8.68. The normalized spacial score (nSPS) is 21.2. The molecule has 0 aliphatic carbocycles. The number of carboxylic acids is 1. The predicted octanol–water partition coefficient (Wildman–Crippen LogP) is 1.74. The zero-order valence-corrected chi connectivity index (χ0v) is 10.2. The molecule has 1 saturated heterocycles. The number of hydrogen-bond acceptors (Lipinski definition) is 3. The lowest BCUT2D eigenvalue weighted by atomic mass is 10.1. The van der Waals surface area contributed by atoms with E-state index in [1.165, 1.54) is 12.8 Å². The second-order valence-corrected chi connectivity index (χ2v) is 4.43. The molecule has 1 aliphatic rings. The number of carboxylic acid groups (broad SMARTS) is 1. The van der Waals surface area contributed by atoms with E-state index >= 15 is 0 Å². The molecule has 1 aliphatic heterocycles. The minimum atomic E-state index is -0.717. The molecule has 16 heavy (non-hydrogen) atoms. The van der Waals surface area contributed by atoms with Gasteiger partial charge in [-0.1, -0.05) is 6.92 Å². The van der Waals surface area contributed by atoms with Gasteiger partial charge in [0, 0.05) is 19.7 Å². The molecule has 0 amide bonds. The van der Waals surface area contributed by atoms with Gasteiger partial charge in [-0.3, -0.25) is 4.79 Å². The Kier molecular flexibility index (Phi) is 6.42. The molecule has 1 atom stereocenters. The van der Waals surface area contributed by atoms with Crippen LogP contribution in [0.4, 0.5) is 0 Å². The van der Waals surface area contributed by atoms with E-state index in [0.29, 0.717) is 12.6 Å². The Labute approximate surface area is 97.6 Å². The van der Waals surface area contributed by atoms with Crippen LogP contribution in [0.3, 0.4) is 0 Å². The number of hydrogen-bond donors (Lipinski definition) is 1. The average Bonchev–Trinajstić information content (AvgIpc) is 2.27. The number of aliphatic carboxylic acids is 1. The van der Waals surface area contributed by atoms with Crippen LogP contribution in [0.5, 0.6) is 0 Å². The van der Waals surface area contributed by atoms with Crippen molar-refractivity contribution in [2.24, 2.45) is 0 Å². The Hall–Kier alpha value is -0.610. The summed E-state index contributed by atoms with van der Waals surface area (Å²) in [5.41, 5.74) is 0. The summed E-state index contributed by atoms with van der Waals surface area (Å²) in [6, 6.07) is 0. The monoisotopic (exact) mass is 229 g/mol. The predicted molar refractivity (Wildman–Crippen MR) is 62.6 cm³/mol. The third-order valence-electron chi connectivity index (χ3n) is 2.92. The minimum Gasteiger partial charge on any atom is -0.481 e. The van der Waals surface area contributed by atoms with E-state index in [0.717, 1.165) is 32.5 Å². The van der Waals surface area contributed by atoms with Gasteiger partial charge in [0.2, 0.25) is 0 Å². The summed E-state index contributed by atoms with van der Waals surface area (Å²) in [7, 11) is 0. The third-order valence-corrected chi connectivity index (χ3v) is 2.92. The van der Waals surface area contributed by atoms with Gasteiger partial charge in [-0.25, -0.2) is 0 Å². The fraction of sp³-hybridized carbons (Fsp3) is 0.917. The first-order chi connectivity index (χ1) is 7.72. The standard InChI is InChI=1S/C12H23NO3/c1-2-7-13(8-6-12(14)15)10-11-5-3-4-9-16-11/h11H,2-10H2,1H3,(H,14,15). The van der Waals surface area contributed by atoms with Gasteiger partial charge in [0.15, 0.2) is 0 Å². The topological polar surface area (TPSA) is 49.8 Å². The summed E-state index contributed by atoms with van der Waals surface area (Å²) in [4.78, 5) is 12.8. The molecule has 0 bridgehead atoms.